The van der Waals surface area contributed by atoms with E-state index in [-0.39, 0.29) is 5.69 Å². The molecule has 0 aromatic heterocycles. The highest BCUT2D eigenvalue weighted by Crippen LogP contribution is 2.39. The Balaban J connectivity index is 0.000000269. The van der Waals surface area contributed by atoms with Crippen molar-refractivity contribution in [3.63, 3.8) is 0 Å². The largest absolute Gasteiger partial charge is 0.416 e. The summed E-state index contributed by atoms with van der Waals surface area (Å²) in [5, 5.41) is 1.23. The van der Waals surface area contributed by atoms with Gasteiger partial charge in [0.1, 0.15) is 0 Å². The van der Waals surface area contributed by atoms with Crippen molar-refractivity contribution in [1.82, 2.24) is 4.90 Å². The van der Waals surface area contributed by atoms with Gasteiger partial charge in [0, 0.05) is 17.3 Å². The molecule has 2 aromatic carbocycles. The van der Waals surface area contributed by atoms with Crippen molar-refractivity contribution in [3.8, 4) is 0 Å². The molecule has 1 fully saturated rings. The van der Waals surface area contributed by atoms with Crippen LogP contribution in [0.25, 0.3) is 0 Å². The number of hydrogen-bond donors (Lipinski definition) is 2. The number of halogens is 7. The first kappa shape index (κ1) is 31.0. The molecule has 0 amide bonds. The molecule has 0 radical (unpaired) electrons. The SMILES string of the molecule is CCCCN(CCC(CN)c1ccc(Cl)c(Cl)c1)C1CC1.Nc1cc(C(F)(F)F)cc(C(F)(F)P)c1. The third-order valence-corrected chi connectivity index (χ3v) is 7.07. The maximum absolute atomic E-state index is 12.7. The number of hydrogen-bond acceptors (Lipinski definition) is 3. The number of nitrogens with zero attached hydrogens (tertiary/aromatic N) is 1. The zero-order valence-electron chi connectivity index (χ0n) is 20.1. The Bertz CT molecular complexity index is 949. The fraction of sp³-hybridized carbons (Fsp3) is 0.520. The van der Waals surface area contributed by atoms with Gasteiger partial charge in [0.2, 0.25) is 0 Å². The second-order valence-electron chi connectivity index (χ2n) is 8.98. The van der Waals surface area contributed by atoms with Crippen molar-refractivity contribution in [1.29, 1.82) is 0 Å². The van der Waals surface area contributed by atoms with Crippen LogP contribution in [0.2, 0.25) is 10.0 Å². The standard InChI is InChI=1S/C17H26Cl2N2.C8H7F5NP/c1-2-3-9-21(15-5-6-15)10-8-14(12-20)13-4-7-16(18)17(19)11-13;9-7(10,11)4-1-5(8(12,13)15)3-6(14)2-4/h4,7,11,14-15H,2-3,5-6,8-10,12,20H2,1H3;1-3H,14-15H2. The van der Waals surface area contributed by atoms with Crippen molar-refractivity contribution in [2.75, 3.05) is 25.4 Å². The number of alkyl halides is 5. The van der Waals surface area contributed by atoms with Crippen LogP contribution >= 0.6 is 32.4 Å². The van der Waals surface area contributed by atoms with E-state index in [1.807, 2.05) is 12.1 Å². The number of nitrogen functional groups attached to an aromatic ring is 1. The van der Waals surface area contributed by atoms with E-state index in [1.165, 1.54) is 37.8 Å². The van der Waals surface area contributed by atoms with E-state index in [4.69, 9.17) is 34.7 Å². The lowest BCUT2D eigenvalue weighted by Crippen LogP contribution is -2.30. The number of benzene rings is 2. The van der Waals surface area contributed by atoms with Crippen molar-refractivity contribution in [2.45, 2.75) is 62.8 Å². The van der Waals surface area contributed by atoms with E-state index in [0.29, 0.717) is 34.6 Å². The molecule has 0 bridgehead atoms. The minimum atomic E-state index is -4.68. The zero-order valence-corrected chi connectivity index (χ0v) is 22.8. The maximum atomic E-state index is 12.7. The lowest BCUT2D eigenvalue weighted by molar-refractivity contribution is -0.137. The summed E-state index contributed by atoms with van der Waals surface area (Å²) in [6.45, 7) is 5.26. The summed E-state index contributed by atoms with van der Waals surface area (Å²) in [5.74, 6) is 0.364. The number of unbranched alkanes of at least 4 members (excludes halogenated alkanes) is 1. The average molecular weight is 572 g/mol. The maximum Gasteiger partial charge on any atom is 0.416 e. The predicted molar refractivity (Wildman–Crippen MR) is 142 cm³/mol. The van der Waals surface area contributed by atoms with Gasteiger partial charge >= 0.3 is 6.18 Å². The van der Waals surface area contributed by atoms with E-state index in [9.17, 15) is 22.0 Å². The molecular formula is C25H33Cl2F5N3P. The van der Waals surface area contributed by atoms with Crippen LogP contribution in [0.1, 0.15) is 61.6 Å². The van der Waals surface area contributed by atoms with Gasteiger partial charge < -0.3 is 16.4 Å². The lowest BCUT2D eigenvalue weighted by Gasteiger charge is -2.25. The van der Waals surface area contributed by atoms with Gasteiger partial charge in [-0.15, -0.1) is 0 Å². The molecule has 0 spiro atoms. The van der Waals surface area contributed by atoms with Crippen LogP contribution < -0.4 is 11.5 Å². The summed E-state index contributed by atoms with van der Waals surface area (Å²) in [6.07, 6.45) is 1.69. The summed E-state index contributed by atoms with van der Waals surface area (Å²) < 4.78 is 62.2. The van der Waals surface area contributed by atoms with E-state index < -0.39 is 23.0 Å². The molecule has 1 aliphatic rings. The van der Waals surface area contributed by atoms with Crippen LogP contribution in [0.5, 0.6) is 0 Å². The molecule has 2 atom stereocenters. The average Bonchev–Trinajstić information content (AvgIpc) is 3.62. The van der Waals surface area contributed by atoms with Crippen molar-refractivity contribution >= 4 is 38.1 Å². The fourth-order valence-electron chi connectivity index (χ4n) is 3.79. The van der Waals surface area contributed by atoms with Crippen molar-refractivity contribution in [3.05, 3.63) is 63.1 Å². The summed E-state index contributed by atoms with van der Waals surface area (Å²) in [6, 6.07) is 8.51. The van der Waals surface area contributed by atoms with Gasteiger partial charge in [0.15, 0.2) is 0 Å². The Morgan fingerprint density at radius 1 is 1.00 bits per heavy atom. The molecule has 0 aliphatic heterocycles. The minimum Gasteiger partial charge on any atom is -0.399 e. The smallest absolute Gasteiger partial charge is 0.399 e. The van der Waals surface area contributed by atoms with Crippen molar-refractivity contribution in [2.24, 2.45) is 5.73 Å². The quantitative estimate of drug-likeness (QED) is 0.173. The molecule has 0 saturated heterocycles. The van der Waals surface area contributed by atoms with Gasteiger partial charge in [-0.25, -0.2) is 0 Å². The Kier molecular flexibility index (Phi) is 11.7. The first-order chi connectivity index (χ1) is 16.8. The molecule has 36 heavy (non-hydrogen) atoms. The monoisotopic (exact) mass is 571 g/mol. The first-order valence-electron chi connectivity index (χ1n) is 11.8. The van der Waals surface area contributed by atoms with E-state index in [1.54, 1.807) is 0 Å². The zero-order chi connectivity index (χ0) is 27.1. The summed E-state index contributed by atoms with van der Waals surface area (Å²) in [5.41, 5.74) is 6.57. The Morgan fingerprint density at radius 3 is 2.14 bits per heavy atom. The Morgan fingerprint density at radius 2 is 1.64 bits per heavy atom. The summed E-state index contributed by atoms with van der Waals surface area (Å²) >= 11 is 12.1. The number of anilines is 1. The summed E-state index contributed by atoms with van der Waals surface area (Å²) in [7, 11) is 1.16. The van der Waals surface area contributed by atoms with Gasteiger partial charge in [0.05, 0.1) is 15.6 Å². The van der Waals surface area contributed by atoms with Gasteiger partial charge in [-0.2, -0.15) is 22.0 Å². The highest BCUT2D eigenvalue weighted by atomic mass is 35.5. The molecule has 1 saturated carbocycles. The second kappa shape index (κ2) is 13.6. The van der Waals surface area contributed by atoms with Gasteiger partial charge in [0.25, 0.3) is 5.66 Å². The molecule has 3 rings (SSSR count). The molecule has 4 N–H and O–H groups in total. The topological polar surface area (TPSA) is 55.3 Å². The normalized spacial score (nSPS) is 15.0. The van der Waals surface area contributed by atoms with Crippen LogP contribution in [0.15, 0.2) is 36.4 Å². The molecule has 1 aliphatic carbocycles. The predicted octanol–water partition coefficient (Wildman–Crippen LogP) is 7.90. The highest BCUT2D eigenvalue weighted by molar-refractivity contribution is 7.17. The second-order valence-corrected chi connectivity index (χ2v) is 10.5. The van der Waals surface area contributed by atoms with Gasteiger partial charge in [-0.3, -0.25) is 0 Å². The van der Waals surface area contributed by atoms with Crippen molar-refractivity contribution < 1.29 is 22.0 Å². The van der Waals surface area contributed by atoms with Crippen LogP contribution in [0, 0.1) is 0 Å². The van der Waals surface area contributed by atoms with E-state index >= 15 is 0 Å². The fourth-order valence-corrected chi connectivity index (χ4v) is 4.27. The van der Waals surface area contributed by atoms with E-state index in [0.717, 1.165) is 34.3 Å². The van der Waals surface area contributed by atoms with Crippen LogP contribution in [0.3, 0.4) is 0 Å². The minimum absolute atomic E-state index is 0.345. The van der Waals surface area contributed by atoms with Crippen LogP contribution in [-0.2, 0) is 11.8 Å². The number of nitrogens with two attached hydrogens (primary N) is 2. The highest BCUT2D eigenvalue weighted by Gasteiger charge is 2.34. The first-order valence-corrected chi connectivity index (χ1v) is 13.1. The van der Waals surface area contributed by atoms with Crippen LogP contribution in [-0.4, -0.2) is 30.6 Å². The summed E-state index contributed by atoms with van der Waals surface area (Å²) in [4.78, 5) is 2.64. The number of rotatable bonds is 10. The third kappa shape index (κ3) is 9.94. The molecular weight excluding hydrogens is 539 g/mol. The molecule has 2 aromatic rings. The van der Waals surface area contributed by atoms with Gasteiger partial charge in [-0.1, -0.05) is 51.9 Å². The Labute approximate surface area is 221 Å². The molecule has 11 heteroatoms. The molecule has 3 nitrogen and oxygen atoms in total. The Hall–Kier alpha value is -1.18. The van der Waals surface area contributed by atoms with E-state index in [2.05, 4.69) is 17.9 Å². The molecule has 0 heterocycles. The third-order valence-electron chi connectivity index (χ3n) is 5.99. The lowest BCUT2D eigenvalue weighted by atomic mass is 9.95. The van der Waals surface area contributed by atoms with Crippen LogP contribution in [0.4, 0.5) is 27.6 Å². The molecule has 202 valence electrons. The molecule has 2 unspecified atom stereocenters. The van der Waals surface area contributed by atoms with Gasteiger partial charge in [-0.05, 0) is 87.1 Å².